The number of likely N-dealkylation sites (N-methyl/N-ethyl adjacent to an activating group) is 1. The molecular formula is C16H22N4O2S. The van der Waals surface area contributed by atoms with Crippen molar-refractivity contribution in [2.75, 3.05) is 32.1 Å². The van der Waals surface area contributed by atoms with Gasteiger partial charge in [0.25, 0.3) is 0 Å². The molecule has 0 bridgehead atoms. The largest absolute Gasteiger partial charge is 0.481 e. The fourth-order valence-corrected chi connectivity index (χ4v) is 4.02. The van der Waals surface area contributed by atoms with Gasteiger partial charge in [0.2, 0.25) is 0 Å². The van der Waals surface area contributed by atoms with Crippen LogP contribution in [0.25, 0.3) is 10.2 Å². The summed E-state index contributed by atoms with van der Waals surface area (Å²) in [5.41, 5.74) is 0. The molecule has 0 aromatic carbocycles. The molecule has 0 unspecified atom stereocenters. The molecule has 1 N–H and O–H groups in total. The minimum Gasteiger partial charge on any atom is -0.481 e. The number of carbonyl (C=O) groups is 1. The van der Waals surface area contributed by atoms with Gasteiger partial charge in [-0.2, -0.15) is 0 Å². The minimum absolute atomic E-state index is 0.323. The molecule has 0 amide bonds. The van der Waals surface area contributed by atoms with E-state index in [2.05, 4.69) is 32.8 Å². The van der Waals surface area contributed by atoms with Crippen LogP contribution in [0.5, 0.6) is 0 Å². The molecule has 7 heteroatoms. The Morgan fingerprint density at radius 3 is 2.83 bits per heavy atom. The third-order valence-corrected chi connectivity index (χ3v) is 5.49. The first-order chi connectivity index (χ1) is 11.0. The van der Waals surface area contributed by atoms with Crippen LogP contribution in [0.15, 0.2) is 12.4 Å². The summed E-state index contributed by atoms with van der Waals surface area (Å²) < 4.78 is 0. The number of rotatable bonds is 3. The summed E-state index contributed by atoms with van der Waals surface area (Å²) >= 11 is 1.65. The Bertz CT molecular complexity index is 715. The maximum Gasteiger partial charge on any atom is 0.308 e. The molecule has 124 valence electrons. The first-order valence-corrected chi connectivity index (χ1v) is 8.62. The van der Waals surface area contributed by atoms with Crippen LogP contribution in [-0.4, -0.2) is 59.2 Å². The van der Waals surface area contributed by atoms with E-state index in [1.807, 2.05) is 14.1 Å². The van der Waals surface area contributed by atoms with Gasteiger partial charge in [-0.05, 0) is 39.9 Å². The van der Waals surface area contributed by atoms with Crippen molar-refractivity contribution < 1.29 is 9.90 Å². The Labute approximate surface area is 139 Å². The number of aliphatic carboxylic acids is 1. The minimum atomic E-state index is -0.721. The van der Waals surface area contributed by atoms with Crippen molar-refractivity contribution in [3.8, 4) is 0 Å². The standard InChI is InChI=1S/C16H22N4O2S/c1-10-6-13-14(17-9-18-15(13)23-10)20-7-11(16(21)22)4-5-12(8-20)19(2)3/h6,9,11-12H,4-5,7-8H2,1-3H3,(H,21,22)/t11-,12+/m0/s1. The number of fused-ring (bicyclic) bond motifs is 1. The van der Waals surface area contributed by atoms with Crippen LogP contribution in [0.2, 0.25) is 0 Å². The zero-order valence-electron chi connectivity index (χ0n) is 13.7. The lowest BCUT2D eigenvalue weighted by atomic mass is 10.0. The van der Waals surface area contributed by atoms with Gasteiger partial charge in [-0.3, -0.25) is 4.79 Å². The monoisotopic (exact) mass is 334 g/mol. The molecule has 0 aliphatic carbocycles. The number of carboxylic acids is 1. The maximum absolute atomic E-state index is 11.6. The van der Waals surface area contributed by atoms with Gasteiger partial charge in [0.1, 0.15) is 17.0 Å². The number of carboxylic acid groups (broad SMARTS) is 1. The van der Waals surface area contributed by atoms with E-state index in [1.54, 1.807) is 17.7 Å². The second-order valence-electron chi connectivity index (χ2n) is 6.41. The zero-order valence-corrected chi connectivity index (χ0v) is 14.5. The highest BCUT2D eigenvalue weighted by molar-refractivity contribution is 7.18. The molecule has 6 nitrogen and oxygen atoms in total. The van der Waals surface area contributed by atoms with E-state index in [0.29, 0.717) is 19.0 Å². The van der Waals surface area contributed by atoms with Crippen molar-refractivity contribution in [3.63, 3.8) is 0 Å². The Hall–Kier alpha value is -1.73. The first-order valence-electron chi connectivity index (χ1n) is 7.81. The summed E-state index contributed by atoms with van der Waals surface area (Å²) in [5, 5.41) is 10.5. The second kappa shape index (κ2) is 6.41. The van der Waals surface area contributed by atoms with Crippen molar-refractivity contribution >= 4 is 33.3 Å². The van der Waals surface area contributed by atoms with Crippen LogP contribution in [0.1, 0.15) is 17.7 Å². The average molecular weight is 334 g/mol. The Balaban J connectivity index is 2.00. The van der Waals surface area contributed by atoms with Crippen molar-refractivity contribution in [1.82, 2.24) is 14.9 Å². The Kier molecular flexibility index (Phi) is 4.50. The molecular weight excluding hydrogens is 312 g/mol. The molecule has 2 aromatic heterocycles. The highest BCUT2D eigenvalue weighted by Crippen LogP contribution is 2.32. The predicted molar refractivity (Wildman–Crippen MR) is 92.2 cm³/mol. The van der Waals surface area contributed by atoms with Crippen molar-refractivity contribution in [2.45, 2.75) is 25.8 Å². The summed E-state index contributed by atoms with van der Waals surface area (Å²) in [6.07, 6.45) is 3.17. The molecule has 23 heavy (non-hydrogen) atoms. The maximum atomic E-state index is 11.6. The Morgan fingerprint density at radius 2 is 2.13 bits per heavy atom. The summed E-state index contributed by atoms with van der Waals surface area (Å²) in [6.45, 7) is 3.35. The molecule has 0 radical (unpaired) electrons. The van der Waals surface area contributed by atoms with E-state index in [-0.39, 0.29) is 5.92 Å². The molecule has 1 saturated heterocycles. The van der Waals surface area contributed by atoms with Crippen molar-refractivity contribution in [2.24, 2.45) is 5.92 Å². The van der Waals surface area contributed by atoms with Gasteiger partial charge in [-0.25, -0.2) is 9.97 Å². The number of hydrogen-bond donors (Lipinski definition) is 1. The van der Waals surface area contributed by atoms with Crippen LogP contribution in [0.4, 0.5) is 5.82 Å². The van der Waals surface area contributed by atoms with E-state index in [9.17, 15) is 9.90 Å². The highest BCUT2D eigenvalue weighted by atomic mass is 32.1. The van der Waals surface area contributed by atoms with Gasteiger partial charge in [0, 0.05) is 24.0 Å². The SMILES string of the molecule is Cc1cc2c(N3C[C@@H](C(=O)O)CC[C@@H](N(C)C)C3)ncnc2s1. The molecule has 0 saturated carbocycles. The molecule has 1 fully saturated rings. The van der Waals surface area contributed by atoms with Crippen molar-refractivity contribution in [3.05, 3.63) is 17.3 Å². The number of aryl methyl sites for hydroxylation is 1. The van der Waals surface area contributed by atoms with Gasteiger partial charge in [0.15, 0.2) is 0 Å². The quantitative estimate of drug-likeness (QED) is 0.928. The molecule has 3 heterocycles. The van der Waals surface area contributed by atoms with Gasteiger partial charge in [0.05, 0.1) is 11.3 Å². The topological polar surface area (TPSA) is 69.6 Å². The normalized spacial score (nSPS) is 22.5. The number of aromatic nitrogens is 2. The molecule has 1 aliphatic heterocycles. The Morgan fingerprint density at radius 1 is 1.35 bits per heavy atom. The summed E-state index contributed by atoms with van der Waals surface area (Å²) in [6, 6.07) is 2.42. The number of hydrogen-bond acceptors (Lipinski definition) is 6. The average Bonchev–Trinajstić information content (AvgIpc) is 2.73. The lowest BCUT2D eigenvalue weighted by molar-refractivity contribution is -0.141. The van der Waals surface area contributed by atoms with E-state index in [1.165, 1.54) is 4.88 Å². The lowest BCUT2D eigenvalue weighted by Gasteiger charge is -2.29. The number of nitrogens with zero attached hydrogens (tertiary/aromatic N) is 4. The third-order valence-electron chi connectivity index (χ3n) is 4.53. The van der Waals surface area contributed by atoms with Crippen LogP contribution >= 0.6 is 11.3 Å². The van der Waals surface area contributed by atoms with Crippen molar-refractivity contribution in [1.29, 1.82) is 0 Å². The molecule has 2 atom stereocenters. The van der Waals surface area contributed by atoms with Crippen LogP contribution in [-0.2, 0) is 4.79 Å². The summed E-state index contributed by atoms with van der Waals surface area (Å²) in [7, 11) is 4.10. The number of anilines is 1. The van der Waals surface area contributed by atoms with E-state index in [4.69, 9.17) is 0 Å². The van der Waals surface area contributed by atoms with Gasteiger partial charge >= 0.3 is 5.97 Å². The molecule has 3 rings (SSSR count). The summed E-state index contributed by atoms with van der Waals surface area (Å²) in [4.78, 5) is 26.8. The molecule has 1 aliphatic rings. The van der Waals surface area contributed by atoms with Gasteiger partial charge < -0.3 is 14.9 Å². The van der Waals surface area contributed by atoms with E-state index < -0.39 is 5.97 Å². The fraction of sp³-hybridized carbons (Fsp3) is 0.562. The van der Waals surface area contributed by atoms with Gasteiger partial charge in [-0.15, -0.1) is 11.3 Å². The zero-order chi connectivity index (χ0) is 16.6. The van der Waals surface area contributed by atoms with Crippen LogP contribution < -0.4 is 4.90 Å². The fourth-order valence-electron chi connectivity index (χ4n) is 3.18. The molecule has 2 aromatic rings. The van der Waals surface area contributed by atoms with Crippen LogP contribution in [0.3, 0.4) is 0 Å². The molecule has 0 spiro atoms. The lowest BCUT2D eigenvalue weighted by Crippen LogP contribution is -2.40. The first kappa shape index (κ1) is 16.1. The summed E-state index contributed by atoms with van der Waals surface area (Å²) in [5.74, 6) is -0.217. The van der Waals surface area contributed by atoms with E-state index >= 15 is 0 Å². The second-order valence-corrected chi connectivity index (χ2v) is 7.64. The van der Waals surface area contributed by atoms with Crippen LogP contribution in [0, 0.1) is 12.8 Å². The van der Waals surface area contributed by atoms with E-state index in [0.717, 1.165) is 29.0 Å². The highest BCUT2D eigenvalue weighted by Gasteiger charge is 2.30. The predicted octanol–water partition coefficient (Wildman–Crippen LogP) is 2.23. The smallest absolute Gasteiger partial charge is 0.308 e. The third kappa shape index (κ3) is 3.30. The van der Waals surface area contributed by atoms with Gasteiger partial charge in [-0.1, -0.05) is 0 Å². The number of thiophene rings is 1.